The van der Waals surface area contributed by atoms with Gasteiger partial charge in [-0.1, -0.05) is 58.3 Å². The van der Waals surface area contributed by atoms with E-state index in [0.29, 0.717) is 6.42 Å². The van der Waals surface area contributed by atoms with E-state index in [1.165, 1.54) is 44.9 Å². The van der Waals surface area contributed by atoms with Crippen LogP contribution in [0.4, 0.5) is 0 Å². The Balaban J connectivity index is -0.000000269. The number of carbonyl (C=O) groups is 2. The third-order valence-electron chi connectivity index (χ3n) is 3.17. The summed E-state index contributed by atoms with van der Waals surface area (Å²) < 4.78 is 0. The van der Waals surface area contributed by atoms with Crippen molar-refractivity contribution >= 4 is 11.9 Å². The summed E-state index contributed by atoms with van der Waals surface area (Å²) in [6.45, 7) is 8.26. The van der Waals surface area contributed by atoms with Gasteiger partial charge in [-0.3, -0.25) is 9.59 Å². The van der Waals surface area contributed by atoms with Crippen LogP contribution in [-0.4, -0.2) is 58.7 Å². The van der Waals surface area contributed by atoms with E-state index in [4.69, 9.17) is 20.4 Å². The van der Waals surface area contributed by atoms with Gasteiger partial charge in [0.05, 0.1) is 6.42 Å². The lowest BCUT2D eigenvalue weighted by molar-refractivity contribution is -0.136. The van der Waals surface area contributed by atoms with Crippen molar-refractivity contribution in [2.75, 3.05) is 26.4 Å². The summed E-state index contributed by atoms with van der Waals surface area (Å²) in [5.74, 6) is -0.896. The minimum Gasteiger partial charge on any atom is -0.481 e. The highest BCUT2D eigenvalue weighted by Gasteiger charge is 2.02. The van der Waals surface area contributed by atoms with E-state index in [-0.39, 0.29) is 38.7 Å². The Labute approximate surface area is 172 Å². The normalized spacial score (nSPS) is 8.96. The lowest BCUT2D eigenvalue weighted by Crippen LogP contribution is -2.25. The van der Waals surface area contributed by atoms with E-state index in [2.05, 4.69) is 12.2 Å². The van der Waals surface area contributed by atoms with Gasteiger partial charge in [0.1, 0.15) is 0 Å². The lowest BCUT2D eigenvalue weighted by Gasteiger charge is -2.04. The van der Waals surface area contributed by atoms with Crippen LogP contribution >= 0.6 is 0 Å². The van der Waals surface area contributed by atoms with E-state index in [1.807, 2.05) is 0 Å². The maximum absolute atomic E-state index is 11.3. The molecule has 1 amide bonds. The summed E-state index contributed by atoms with van der Waals surface area (Å²) >= 11 is 0. The second-order valence-corrected chi connectivity index (χ2v) is 6.02. The van der Waals surface area contributed by atoms with Gasteiger partial charge in [-0.25, -0.2) is 0 Å². The molecule has 0 aromatic heterocycles. The van der Waals surface area contributed by atoms with E-state index >= 15 is 0 Å². The number of aliphatic carboxylic acids is 1. The molecule has 0 rings (SSSR count). The van der Waals surface area contributed by atoms with Gasteiger partial charge in [0.15, 0.2) is 0 Å². The second kappa shape index (κ2) is 36.7. The van der Waals surface area contributed by atoms with Crippen molar-refractivity contribution in [1.29, 1.82) is 0 Å². The van der Waals surface area contributed by atoms with Gasteiger partial charge in [-0.2, -0.15) is 0 Å². The molecule has 172 valence electrons. The Morgan fingerprint density at radius 2 is 1.00 bits per heavy atom. The van der Waals surface area contributed by atoms with Crippen LogP contribution in [0.3, 0.4) is 0 Å². The van der Waals surface area contributed by atoms with Gasteiger partial charge < -0.3 is 25.7 Å². The minimum absolute atomic E-state index is 0.00347. The first kappa shape index (κ1) is 34.3. The predicted octanol–water partition coefficient (Wildman–Crippen LogP) is 3.49. The van der Waals surface area contributed by atoms with Gasteiger partial charge in [0.2, 0.25) is 5.91 Å². The van der Waals surface area contributed by atoms with Crippen LogP contribution in [0.5, 0.6) is 0 Å². The van der Waals surface area contributed by atoms with E-state index in [0.717, 1.165) is 12.8 Å². The molecule has 0 unspecified atom stereocenters. The van der Waals surface area contributed by atoms with Crippen molar-refractivity contribution in [1.82, 2.24) is 5.32 Å². The van der Waals surface area contributed by atoms with E-state index < -0.39 is 5.97 Å². The highest BCUT2D eigenvalue weighted by molar-refractivity contribution is 5.76. The fourth-order valence-corrected chi connectivity index (χ4v) is 1.99. The zero-order chi connectivity index (χ0) is 22.5. The van der Waals surface area contributed by atoms with Gasteiger partial charge in [0.25, 0.3) is 0 Å². The molecule has 0 bridgehead atoms. The quantitative estimate of drug-likeness (QED) is 0.296. The summed E-state index contributed by atoms with van der Waals surface area (Å²) in [4.78, 5) is 21.6. The van der Waals surface area contributed by atoms with Crippen molar-refractivity contribution in [3.63, 3.8) is 0 Å². The molecule has 0 heterocycles. The number of nitrogens with one attached hydrogen (secondary N) is 1. The molecule has 0 aliphatic carbocycles. The van der Waals surface area contributed by atoms with Crippen LogP contribution < -0.4 is 5.32 Å². The molecule has 0 aliphatic rings. The Morgan fingerprint density at radius 1 is 0.643 bits per heavy atom. The molecule has 5 N–H and O–H groups in total. The molecule has 7 nitrogen and oxygen atoms in total. The number of aliphatic hydroxyl groups is 3. The molecular weight excluding hydrogens is 362 g/mol. The molecule has 0 saturated heterocycles. The average molecular weight is 410 g/mol. The highest BCUT2D eigenvalue weighted by atomic mass is 16.4. The average Bonchev–Trinajstić information content (AvgIpc) is 2.62. The number of hydrogen-bond donors (Lipinski definition) is 5. The standard InChI is InChI=1S/C15H29NO3.3C2H6O/c1-2-3-4-5-6-7-8-9-10-11-14(17)16-13-12-15(18)19;3*1-2-3/h2-13H2,1H3,(H,16,17)(H,18,19);3*3H,2H2,1H3. The summed E-state index contributed by atoms with van der Waals surface area (Å²) in [5.41, 5.74) is 0. The smallest absolute Gasteiger partial charge is 0.305 e. The van der Waals surface area contributed by atoms with Crippen LogP contribution in [-0.2, 0) is 9.59 Å². The van der Waals surface area contributed by atoms with Gasteiger partial charge >= 0.3 is 5.97 Å². The number of hydrogen-bond acceptors (Lipinski definition) is 5. The van der Waals surface area contributed by atoms with E-state index in [1.54, 1.807) is 20.8 Å². The van der Waals surface area contributed by atoms with Crippen LogP contribution in [0.2, 0.25) is 0 Å². The first-order chi connectivity index (χ1) is 13.4. The number of aliphatic hydroxyl groups excluding tert-OH is 3. The SMILES string of the molecule is CCCCCCCCCCCC(=O)NCCC(=O)O.CCO.CCO.CCO. The third kappa shape index (κ3) is 56.3. The first-order valence-electron chi connectivity index (χ1n) is 10.7. The molecule has 0 spiro atoms. The Bertz CT molecular complexity index is 283. The molecular formula is C21H47NO6. The summed E-state index contributed by atoms with van der Waals surface area (Å²) in [6, 6.07) is 0. The summed E-state index contributed by atoms with van der Waals surface area (Å²) in [5, 5.41) is 33.8. The Kier molecular flexibility index (Phi) is 45.0. The zero-order valence-corrected chi connectivity index (χ0v) is 18.7. The fourth-order valence-electron chi connectivity index (χ4n) is 1.99. The topological polar surface area (TPSA) is 127 Å². The maximum Gasteiger partial charge on any atom is 0.305 e. The summed E-state index contributed by atoms with van der Waals surface area (Å²) in [6.07, 6.45) is 11.6. The first-order valence-corrected chi connectivity index (χ1v) is 10.7. The fraction of sp³-hybridized carbons (Fsp3) is 0.905. The van der Waals surface area contributed by atoms with E-state index in [9.17, 15) is 9.59 Å². The Hall–Kier alpha value is -1.18. The lowest BCUT2D eigenvalue weighted by atomic mass is 10.1. The van der Waals surface area contributed by atoms with Crippen molar-refractivity contribution in [2.45, 2.75) is 98.3 Å². The van der Waals surface area contributed by atoms with Crippen LogP contribution in [0, 0.1) is 0 Å². The monoisotopic (exact) mass is 409 g/mol. The summed E-state index contributed by atoms with van der Waals surface area (Å²) in [7, 11) is 0. The molecule has 28 heavy (non-hydrogen) atoms. The number of carboxylic acid groups (broad SMARTS) is 1. The molecule has 7 heteroatoms. The molecule has 0 saturated carbocycles. The largest absolute Gasteiger partial charge is 0.481 e. The number of carbonyl (C=O) groups excluding carboxylic acids is 1. The van der Waals surface area contributed by atoms with Crippen LogP contribution in [0.1, 0.15) is 98.3 Å². The highest BCUT2D eigenvalue weighted by Crippen LogP contribution is 2.10. The predicted molar refractivity (Wildman–Crippen MR) is 115 cm³/mol. The van der Waals surface area contributed by atoms with Crippen molar-refractivity contribution in [3.8, 4) is 0 Å². The molecule has 0 aliphatic heterocycles. The van der Waals surface area contributed by atoms with Crippen molar-refractivity contribution in [3.05, 3.63) is 0 Å². The van der Waals surface area contributed by atoms with Crippen LogP contribution in [0.15, 0.2) is 0 Å². The Morgan fingerprint density at radius 3 is 1.36 bits per heavy atom. The van der Waals surface area contributed by atoms with Gasteiger partial charge in [0, 0.05) is 32.8 Å². The van der Waals surface area contributed by atoms with Crippen LogP contribution in [0.25, 0.3) is 0 Å². The van der Waals surface area contributed by atoms with Gasteiger partial charge in [-0.15, -0.1) is 0 Å². The third-order valence-corrected chi connectivity index (χ3v) is 3.17. The number of unbranched alkanes of at least 4 members (excludes halogenated alkanes) is 8. The van der Waals surface area contributed by atoms with Crippen molar-refractivity contribution < 1.29 is 30.0 Å². The molecule has 0 radical (unpaired) electrons. The minimum atomic E-state index is -0.872. The number of rotatable bonds is 13. The zero-order valence-electron chi connectivity index (χ0n) is 18.7. The second-order valence-electron chi connectivity index (χ2n) is 6.02. The number of amides is 1. The molecule has 0 fully saturated rings. The molecule has 0 aromatic carbocycles. The maximum atomic E-state index is 11.3. The van der Waals surface area contributed by atoms with Crippen molar-refractivity contribution in [2.24, 2.45) is 0 Å². The molecule has 0 aromatic rings. The molecule has 0 atom stereocenters. The number of carboxylic acids is 1. The van der Waals surface area contributed by atoms with Gasteiger partial charge in [-0.05, 0) is 27.2 Å².